The van der Waals surface area contributed by atoms with E-state index in [1.165, 1.54) is 12.0 Å². The van der Waals surface area contributed by atoms with E-state index in [1.807, 2.05) is 24.3 Å². The third kappa shape index (κ3) is 4.69. The maximum atomic E-state index is 13.8. The molecule has 2 aromatic heterocycles. The lowest BCUT2D eigenvalue weighted by molar-refractivity contribution is -0.140. The van der Waals surface area contributed by atoms with Crippen molar-refractivity contribution in [3.05, 3.63) is 45.1 Å². The predicted molar refractivity (Wildman–Crippen MR) is 128 cm³/mol. The predicted octanol–water partition coefficient (Wildman–Crippen LogP) is 3.88. The van der Waals surface area contributed by atoms with Crippen LogP contribution in [0.25, 0.3) is 15.9 Å². The second-order valence-corrected chi connectivity index (χ2v) is 9.94. The Bertz CT molecular complexity index is 1190. The second-order valence-electron chi connectivity index (χ2n) is 7.79. The SMILES string of the molecule is COC(=O)CCCCSc1nc2sc3c(c2c(=O)n1-c1cccc(OC)c1)CCN(C)C3. The number of thiophene rings is 1. The summed E-state index contributed by atoms with van der Waals surface area (Å²) in [4.78, 5) is 34.4. The van der Waals surface area contributed by atoms with Gasteiger partial charge < -0.3 is 14.4 Å². The molecule has 170 valence electrons. The van der Waals surface area contributed by atoms with Gasteiger partial charge in [0.05, 0.1) is 25.3 Å². The standard InChI is InChI=1S/C23H27N3O4S2/c1-25-11-10-17-18(14-25)32-21-20(17)22(28)26(15-7-6-8-16(13-15)29-2)23(24-21)31-12-5-4-9-19(27)30-3/h6-8,13H,4-5,9-12,14H2,1-3H3. The van der Waals surface area contributed by atoms with Gasteiger partial charge in [0.25, 0.3) is 5.56 Å². The topological polar surface area (TPSA) is 73.7 Å². The fourth-order valence-electron chi connectivity index (χ4n) is 3.86. The molecule has 3 heterocycles. The molecule has 0 saturated heterocycles. The number of thioether (sulfide) groups is 1. The first kappa shape index (κ1) is 22.8. The minimum Gasteiger partial charge on any atom is -0.497 e. The van der Waals surface area contributed by atoms with E-state index < -0.39 is 0 Å². The maximum absolute atomic E-state index is 13.8. The van der Waals surface area contributed by atoms with Gasteiger partial charge in [-0.1, -0.05) is 17.8 Å². The minimum atomic E-state index is -0.197. The molecule has 1 aromatic carbocycles. The van der Waals surface area contributed by atoms with Gasteiger partial charge in [0.15, 0.2) is 5.16 Å². The molecule has 1 aliphatic heterocycles. The highest BCUT2D eigenvalue weighted by atomic mass is 32.2. The number of unbranched alkanes of at least 4 members (excludes halogenated alkanes) is 1. The first-order valence-electron chi connectivity index (χ1n) is 10.6. The Morgan fingerprint density at radius 2 is 2.12 bits per heavy atom. The largest absolute Gasteiger partial charge is 0.497 e. The van der Waals surface area contributed by atoms with E-state index in [1.54, 1.807) is 34.8 Å². The molecule has 7 nitrogen and oxygen atoms in total. The zero-order valence-electron chi connectivity index (χ0n) is 18.6. The van der Waals surface area contributed by atoms with Crippen LogP contribution in [0.15, 0.2) is 34.2 Å². The number of fused-ring (bicyclic) bond motifs is 3. The minimum absolute atomic E-state index is 0.0256. The highest BCUT2D eigenvalue weighted by Crippen LogP contribution is 2.34. The van der Waals surface area contributed by atoms with Crippen LogP contribution in [0.3, 0.4) is 0 Å². The van der Waals surface area contributed by atoms with E-state index in [4.69, 9.17) is 14.5 Å². The van der Waals surface area contributed by atoms with Gasteiger partial charge in [-0.15, -0.1) is 11.3 Å². The summed E-state index contributed by atoms with van der Waals surface area (Å²) < 4.78 is 11.8. The van der Waals surface area contributed by atoms with Crippen molar-refractivity contribution in [2.24, 2.45) is 0 Å². The first-order chi connectivity index (χ1) is 15.5. The molecule has 0 atom stereocenters. The Labute approximate surface area is 195 Å². The number of ether oxygens (including phenoxy) is 2. The molecule has 0 saturated carbocycles. The van der Waals surface area contributed by atoms with Crippen LogP contribution < -0.4 is 10.3 Å². The Morgan fingerprint density at radius 1 is 1.28 bits per heavy atom. The van der Waals surface area contributed by atoms with Crippen molar-refractivity contribution in [2.45, 2.75) is 37.4 Å². The van der Waals surface area contributed by atoms with E-state index in [2.05, 4.69) is 11.9 Å². The summed E-state index contributed by atoms with van der Waals surface area (Å²) in [5, 5.41) is 1.41. The number of esters is 1. The van der Waals surface area contributed by atoms with Crippen molar-refractivity contribution in [3.8, 4) is 11.4 Å². The van der Waals surface area contributed by atoms with Gasteiger partial charge in [0, 0.05) is 36.2 Å². The van der Waals surface area contributed by atoms with Gasteiger partial charge >= 0.3 is 5.97 Å². The summed E-state index contributed by atoms with van der Waals surface area (Å²) in [6.07, 6.45) is 2.83. The molecule has 4 rings (SSSR count). The van der Waals surface area contributed by atoms with Crippen LogP contribution in [0.1, 0.15) is 29.7 Å². The zero-order chi connectivity index (χ0) is 22.7. The summed E-state index contributed by atoms with van der Waals surface area (Å²) in [6, 6.07) is 7.52. The highest BCUT2D eigenvalue weighted by molar-refractivity contribution is 7.99. The number of methoxy groups -OCH3 is 2. The van der Waals surface area contributed by atoms with Crippen LogP contribution >= 0.6 is 23.1 Å². The summed E-state index contributed by atoms with van der Waals surface area (Å²) in [5.41, 5.74) is 1.86. The average molecular weight is 474 g/mol. The smallest absolute Gasteiger partial charge is 0.305 e. The molecule has 0 aliphatic carbocycles. The van der Waals surface area contributed by atoms with E-state index in [0.29, 0.717) is 17.3 Å². The van der Waals surface area contributed by atoms with Crippen molar-refractivity contribution >= 4 is 39.3 Å². The van der Waals surface area contributed by atoms with Crippen LogP contribution in [0, 0.1) is 0 Å². The molecule has 0 spiro atoms. The molecule has 32 heavy (non-hydrogen) atoms. The van der Waals surface area contributed by atoms with Crippen molar-refractivity contribution in [3.63, 3.8) is 0 Å². The molecule has 0 N–H and O–H groups in total. The monoisotopic (exact) mass is 473 g/mol. The van der Waals surface area contributed by atoms with Crippen molar-refractivity contribution < 1.29 is 14.3 Å². The molecule has 0 fully saturated rings. The normalized spacial score (nSPS) is 13.8. The quantitative estimate of drug-likeness (QED) is 0.213. The summed E-state index contributed by atoms with van der Waals surface area (Å²) in [6.45, 7) is 1.79. The Morgan fingerprint density at radius 3 is 2.91 bits per heavy atom. The highest BCUT2D eigenvalue weighted by Gasteiger charge is 2.24. The van der Waals surface area contributed by atoms with Crippen LogP contribution in [-0.2, 0) is 22.5 Å². The number of carbonyl (C=O) groups excluding carboxylic acids is 1. The van der Waals surface area contributed by atoms with Crippen LogP contribution in [0.5, 0.6) is 5.75 Å². The van der Waals surface area contributed by atoms with Crippen LogP contribution in [0.4, 0.5) is 0 Å². The van der Waals surface area contributed by atoms with Crippen molar-refractivity contribution in [1.82, 2.24) is 14.5 Å². The van der Waals surface area contributed by atoms with Gasteiger partial charge in [-0.3, -0.25) is 14.2 Å². The Kier molecular flexibility index (Phi) is 7.17. The van der Waals surface area contributed by atoms with Gasteiger partial charge in [0.2, 0.25) is 0 Å². The molecule has 0 amide bonds. The summed E-state index contributed by atoms with van der Waals surface area (Å²) in [7, 11) is 5.12. The van der Waals surface area contributed by atoms with Crippen LogP contribution in [-0.4, -0.2) is 54.0 Å². The van der Waals surface area contributed by atoms with E-state index in [9.17, 15) is 9.59 Å². The number of likely N-dealkylation sites (N-methyl/N-ethyl adjacent to an activating group) is 1. The third-order valence-corrected chi connectivity index (χ3v) is 7.72. The Hall–Kier alpha value is -2.36. The number of nitrogens with zero attached hydrogens (tertiary/aromatic N) is 3. The molecule has 9 heteroatoms. The number of hydrogen-bond donors (Lipinski definition) is 0. The lowest BCUT2D eigenvalue weighted by Crippen LogP contribution is -2.27. The lowest BCUT2D eigenvalue weighted by Gasteiger charge is -2.21. The van der Waals surface area contributed by atoms with E-state index in [-0.39, 0.29) is 11.5 Å². The van der Waals surface area contributed by atoms with E-state index in [0.717, 1.165) is 59.6 Å². The summed E-state index contributed by atoms with van der Waals surface area (Å²) >= 11 is 3.17. The number of hydrogen-bond acceptors (Lipinski definition) is 8. The molecular formula is C23H27N3O4S2. The van der Waals surface area contributed by atoms with Crippen LogP contribution in [0.2, 0.25) is 0 Å². The molecule has 3 aromatic rings. The fourth-order valence-corrected chi connectivity index (χ4v) is 6.22. The number of rotatable bonds is 8. The molecule has 0 radical (unpaired) electrons. The second kappa shape index (κ2) is 10.1. The third-order valence-electron chi connectivity index (χ3n) is 5.58. The van der Waals surface area contributed by atoms with E-state index >= 15 is 0 Å². The van der Waals surface area contributed by atoms with Crippen molar-refractivity contribution in [2.75, 3.05) is 33.6 Å². The van der Waals surface area contributed by atoms with Crippen molar-refractivity contribution in [1.29, 1.82) is 0 Å². The molecular weight excluding hydrogens is 446 g/mol. The van der Waals surface area contributed by atoms with Gasteiger partial charge in [-0.05, 0) is 44.0 Å². The molecule has 1 aliphatic rings. The van der Waals surface area contributed by atoms with Gasteiger partial charge in [0.1, 0.15) is 10.6 Å². The number of aromatic nitrogens is 2. The Balaban J connectivity index is 1.73. The summed E-state index contributed by atoms with van der Waals surface area (Å²) in [5.74, 6) is 1.25. The zero-order valence-corrected chi connectivity index (χ0v) is 20.2. The van der Waals surface area contributed by atoms with Gasteiger partial charge in [-0.2, -0.15) is 0 Å². The molecule has 0 bridgehead atoms. The number of benzene rings is 1. The number of carbonyl (C=O) groups is 1. The molecule has 0 unspecified atom stereocenters. The fraction of sp³-hybridized carbons (Fsp3) is 0.435. The lowest BCUT2D eigenvalue weighted by atomic mass is 10.1. The maximum Gasteiger partial charge on any atom is 0.305 e. The first-order valence-corrected chi connectivity index (χ1v) is 12.4. The van der Waals surface area contributed by atoms with Gasteiger partial charge in [-0.25, -0.2) is 4.98 Å². The average Bonchev–Trinajstić information content (AvgIpc) is 3.16.